The first-order chi connectivity index (χ1) is 6.43. The second kappa shape index (κ2) is 2.98. The Morgan fingerprint density at radius 1 is 0.786 bits per heavy atom. The Kier molecular flexibility index (Phi) is 2.13. The summed E-state index contributed by atoms with van der Waals surface area (Å²) >= 11 is 0. The Balaban J connectivity index is 2.45. The van der Waals surface area contributed by atoms with E-state index in [-0.39, 0.29) is 0 Å². The standard InChI is InChI=1S/C14H22/c1-13(2)9-10-14(3,4)12-8-6-5-7-11(12)13/h5-6H,7-10H2,1-4H3. The minimum atomic E-state index is 0.454. The third kappa shape index (κ3) is 1.45. The Morgan fingerprint density at radius 2 is 1.14 bits per heavy atom. The van der Waals surface area contributed by atoms with Crippen LogP contribution in [0.1, 0.15) is 53.4 Å². The van der Waals surface area contributed by atoms with E-state index < -0.39 is 0 Å². The second-order valence-electron chi connectivity index (χ2n) is 6.10. The Morgan fingerprint density at radius 3 is 1.50 bits per heavy atom. The van der Waals surface area contributed by atoms with E-state index in [0.29, 0.717) is 10.8 Å². The van der Waals surface area contributed by atoms with Gasteiger partial charge in [-0.2, -0.15) is 0 Å². The molecule has 0 aromatic heterocycles. The fourth-order valence-electron chi connectivity index (χ4n) is 2.95. The normalized spacial score (nSPS) is 28.9. The highest BCUT2D eigenvalue weighted by atomic mass is 14.4. The van der Waals surface area contributed by atoms with Crippen LogP contribution in [0.2, 0.25) is 0 Å². The van der Waals surface area contributed by atoms with E-state index in [1.54, 1.807) is 11.1 Å². The van der Waals surface area contributed by atoms with Crippen molar-refractivity contribution in [3.63, 3.8) is 0 Å². The first-order valence-corrected chi connectivity index (χ1v) is 5.81. The van der Waals surface area contributed by atoms with Crippen molar-refractivity contribution in [3.05, 3.63) is 23.3 Å². The Bertz CT molecular complexity index is 270. The highest BCUT2D eigenvalue weighted by Crippen LogP contribution is 2.52. The summed E-state index contributed by atoms with van der Waals surface area (Å²) in [6.45, 7) is 9.65. The summed E-state index contributed by atoms with van der Waals surface area (Å²) in [6, 6.07) is 0. The van der Waals surface area contributed by atoms with E-state index in [0.717, 1.165) is 0 Å². The molecule has 0 unspecified atom stereocenters. The van der Waals surface area contributed by atoms with Gasteiger partial charge in [0, 0.05) is 0 Å². The summed E-state index contributed by atoms with van der Waals surface area (Å²) in [5.74, 6) is 0. The quantitative estimate of drug-likeness (QED) is 0.494. The first kappa shape index (κ1) is 10.0. The summed E-state index contributed by atoms with van der Waals surface area (Å²) in [7, 11) is 0. The lowest BCUT2D eigenvalue weighted by atomic mass is 9.60. The van der Waals surface area contributed by atoms with Crippen molar-refractivity contribution < 1.29 is 0 Å². The summed E-state index contributed by atoms with van der Waals surface area (Å²) in [4.78, 5) is 0. The molecule has 0 aliphatic heterocycles. The molecule has 0 saturated heterocycles. The van der Waals surface area contributed by atoms with Gasteiger partial charge in [-0.1, -0.05) is 51.0 Å². The van der Waals surface area contributed by atoms with Gasteiger partial charge in [-0.15, -0.1) is 0 Å². The highest BCUT2D eigenvalue weighted by Gasteiger charge is 2.38. The molecule has 0 bridgehead atoms. The van der Waals surface area contributed by atoms with E-state index >= 15 is 0 Å². The van der Waals surface area contributed by atoms with Gasteiger partial charge in [-0.05, 0) is 36.5 Å². The zero-order chi connectivity index (χ0) is 10.4. The fourth-order valence-corrected chi connectivity index (χ4v) is 2.95. The lowest BCUT2D eigenvalue weighted by Crippen LogP contribution is -2.31. The van der Waals surface area contributed by atoms with Crippen LogP contribution in [-0.4, -0.2) is 0 Å². The molecule has 0 atom stereocenters. The van der Waals surface area contributed by atoms with E-state index in [9.17, 15) is 0 Å². The van der Waals surface area contributed by atoms with Crippen LogP contribution in [0, 0.1) is 10.8 Å². The number of allylic oxidation sites excluding steroid dienone is 4. The molecule has 0 amide bonds. The summed E-state index contributed by atoms with van der Waals surface area (Å²) in [5, 5.41) is 0. The number of hydrogen-bond donors (Lipinski definition) is 0. The van der Waals surface area contributed by atoms with Gasteiger partial charge in [0.2, 0.25) is 0 Å². The third-order valence-corrected chi connectivity index (χ3v) is 4.18. The molecule has 2 aliphatic carbocycles. The minimum absolute atomic E-state index is 0.454. The minimum Gasteiger partial charge on any atom is -0.0841 e. The largest absolute Gasteiger partial charge is 0.0841 e. The summed E-state index contributed by atoms with van der Waals surface area (Å²) in [5.41, 5.74) is 4.37. The van der Waals surface area contributed by atoms with Gasteiger partial charge in [-0.25, -0.2) is 0 Å². The molecule has 0 heteroatoms. The van der Waals surface area contributed by atoms with Crippen LogP contribution < -0.4 is 0 Å². The number of hydrogen-bond acceptors (Lipinski definition) is 0. The zero-order valence-corrected chi connectivity index (χ0v) is 9.98. The van der Waals surface area contributed by atoms with E-state index in [1.165, 1.54) is 25.7 Å². The van der Waals surface area contributed by atoms with Crippen LogP contribution in [0.4, 0.5) is 0 Å². The van der Waals surface area contributed by atoms with Crippen molar-refractivity contribution in [2.45, 2.75) is 53.4 Å². The fraction of sp³-hybridized carbons (Fsp3) is 0.714. The molecular weight excluding hydrogens is 168 g/mol. The molecule has 2 rings (SSSR count). The lowest BCUT2D eigenvalue weighted by Gasteiger charge is -2.45. The molecule has 0 aromatic carbocycles. The van der Waals surface area contributed by atoms with Crippen LogP contribution in [0.25, 0.3) is 0 Å². The topological polar surface area (TPSA) is 0 Å². The molecule has 0 fully saturated rings. The smallest absolute Gasteiger partial charge is 0.0130 e. The molecule has 0 saturated carbocycles. The predicted molar refractivity (Wildman–Crippen MR) is 62.2 cm³/mol. The van der Waals surface area contributed by atoms with Crippen LogP contribution in [0.5, 0.6) is 0 Å². The first-order valence-electron chi connectivity index (χ1n) is 5.81. The average molecular weight is 190 g/mol. The predicted octanol–water partition coefficient (Wildman–Crippen LogP) is 4.48. The van der Waals surface area contributed by atoms with Gasteiger partial charge >= 0.3 is 0 Å². The SMILES string of the molecule is CC1(C)CCC(C)(C)C2=C1CC=CC2. The van der Waals surface area contributed by atoms with E-state index in [4.69, 9.17) is 0 Å². The van der Waals surface area contributed by atoms with Gasteiger partial charge in [0.15, 0.2) is 0 Å². The van der Waals surface area contributed by atoms with Crippen LogP contribution in [0.15, 0.2) is 23.3 Å². The van der Waals surface area contributed by atoms with Crippen molar-refractivity contribution in [3.8, 4) is 0 Å². The third-order valence-electron chi connectivity index (χ3n) is 4.18. The number of rotatable bonds is 0. The van der Waals surface area contributed by atoms with Gasteiger partial charge in [0.05, 0.1) is 0 Å². The van der Waals surface area contributed by atoms with Crippen LogP contribution >= 0.6 is 0 Å². The summed E-state index contributed by atoms with van der Waals surface area (Å²) in [6.07, 6.45) is 9.81. The maximum Gasteiger partial charge on any atom is -0.0130 e. The van der Waals surface area contributed by atoms with Crippen molar-refractivity contribution >= 4 is 0 Å². The maximum atomic E-state index is 2.41. The van der Waals surface area contributed by atoms with Gasteiger partial charge in [0.1, 0.15) is 0 Å². The summed E-state index contributed by atoms with van der Waals surface area (Å²) < 4.78 is 0. The molecular formula is C14H22. The van der Waals surface area contributed by atoms with Crippen LogP contribution in [0.3, 0.4) is 0 Å². The highest BCUT2D eigenvalue weighted by molar-refractivity contribution is 5.35. The Labute approximate surface area is 88.1 Å². The maximum absolute atomic E-state index is 2.41. The molecule has 2 aliphatic rings. The zero-order valence-electron chi connectivity index (χ0n) is 9.98. The van der Waals surface area contributed by atoms with Gasteiger partial charge < -0.3 is 0 Å². The molecule has 0 heterocycles. The lowest BCUT2D eigenvalue weighted by molar-refractivity contribution is 0.252. The molecule has 0 spiro atoms. The average Bonchev–Trinajstić information content (AvgIpc) is 2.14. The van der Waals surface area contributed by atoms with Gasteiger partial charge in [-0.3, -0.25) is 0 Å². The van der Waals surface area contributed by atoms with E-state index in [1.807, 2.05) is 0 Å². The molecule has 0 aromatic rings. The van der Waals surface area contributed by atoms with Gasteiger partial charge in [0.25, 0.3) is 0 Å². The molecule has 14 heavy (non-hydrogen) atoms. The molecule has 0 nitrogen and oxygen atoms in total. The van der Waals surface area contributed by atoms with Crippen molar-refractivity contribution in [1.29, 1.82) is 0 Å². The molecule has 78 valence electrons. The van der Waals surface area contributed by atoms with Crippen molar-refractivity contribution in [2.24, 2.45) is 10.8 Å². The molecule has 0 N–H and O–H groups in total. The second-order valence-corrected chi connectivity index (χ2v) is 6.10. The monoisotopic (exact) mass is 190 g/mol. The Hall–Kier alpha value is -0.520. The van der Waals surface area contributed by atoms with E-state index in [2.05, 4.69) is 39.8 Å². The van der Waals surface area contributed by atoms with Crippen LogP contribution in [-0.2, 0) is 0 Å². The van der Waals surface area contributed by atoms with Crippen molar-refractivity contribution in [2.75, 3.05) is 0 Å². The van der Waals surface area contributed by atoms with Crippen molar-refractivity contribution in [1.82, 2.24) is 0 Å². The molecule has 0 radical (unpaired) electrons.